The molecule has 25 heavy (non-hydrogen) atoms. The number of aromatic hydroxyl groups is 1. The van der Waals surface area contributed by atoms with E-state index in [0.29, 0.717) is 6.42 Å². The molecular formula is C20H29NO4. The van der Waals surface area contributed by atoms with E-state index >= 15 is 0 Å². The molecule has 1 aromatic rings. The van der Waals surface area contributed by atoms with Gasteiger partial charge in [0.05, 0.1) is 7.11 Å². The average Bonchev–Trinajstić information content (AvgIpc) is 2.60. The molecule has 0 fully saturated rings. The molecule has 1 rings (SSSR count). The maximum atomic E-state index is 12.2. The van der Waals surface area contributed by atoms with Crippen molar-refractivity contribution in [3.05, 3.63) is 42.1 Å². The second-order valence-corrected chi connectivity index (χ2v) is 6.07. The fourth-order valence-electron chi connectivity index (χ4n) is 2.59. The van der Waals surface area contributed by atoms with Gasteiger partial charge in [-0.2, -0.15) is 0 Å². The van der Waals surface area contributed by atoms with Crippen LogP contribution < -0.4 is 0 Å². The van der Waals surface area contributed by atoms with Crippen molar-refractivity contribution in [3.63, 3.8) is 0 Å². The van der Waals surface area contributed by atoms with Crippen molar-refractivity contribution in [2.24, 2.45) is 0 Å². The van der Waals surface area contributed by atoms with E-state index < -0.39 is 12.0 Å². The van der Waals surface area contributed by atoms with Crippen molar-refractivity contribution in [2.75, 3.05) is 7.11 Å². The van der Waals surface area contributed by atoms with Crippen LogP contribution in [0.5, 0.6) is 5.75 Å². The van der Waals surface area contributed by atoms with Gasteiger partial charge in [-0.25, -0.2) is 4.79 Å². The first kappa shape index (κ1) is 20.7. The number of carbonyl (C=O) groups is 2. The minimum Gasteiger partial charge on any atom is -0.508 e. The van der Waals surface area contributed by atoms with E-state index in [1.54, 1.807) is 30.5 Å². The van der Waals surface area contributed by atoms with Gasteiger partial charge in [-0.05, 0) is 30.5 Å². The lowest BCUT2D eigenvalue weighted by molar-refractivity contribution is -0.150. The van der Waals surface area contributed by atoms with Gasteiger partial charge in [0.2, 0.25) is 5.91 Å². The number of rotatable bonds is 10. The average molecular weight is 347 g/mol. The third-order valence-corrected chi connectivity index (χ3v) is 4.03. The second-order valence-electron chi connectivity index (χ2n) is 6.07. The maximum absolute atomic E-state index is 12.2. The van der Waals surface area contributed by atoms with E-state index in [1.807, 2.05) is 6.08 Å². The molecule has 0 saturated heterocycles. The van der Waals surface area contributed by atoms with Gasteiger partial charge in [0.1, 0.15) is 11.8 Å². The fraction of sp³-hybridized carbons (Fsp3) is 0.500. The molecule has 0 aromatic heterocycles. The Morgan fingerprint density at radius 1 is 1.20 bits per heavy atom. The van der Waals surface area contributed by atoms with E-state index in [0.717, 1.165) is 24.8 Å². The zero-order chi connectivity index (χ0) is 18.7. The molecule has 1 aromatic carbocycles. The zero-order valence-corrected chi connectivity index (χ0v) is 15.4. The fourth-order valence-corrected chi connectivity index (χ4v) is 2.59. The van der Waals surface area contributed by atoms with Gasteiger partial charge < -0.3 is 14.7 Å². The highest BCUT2D eigenvalue weighted by Crippen LogP contribution is 2.16. The van der Waals surface area contributed by atoms with Gasteiger partial charge in [-0.1, -0.05) is 44.4 Å². The molecular weight excluding hydrogens is 318 g/mol. The molecule has 0 unspecified atom stereocenters. The first-order chi connectivity index (χ1) is 12.0. The number of unbranched alkanes of at least 4 members (excludes halogenated alkanes) is 4. The van der Waals surface area contributed by atoms with Crippen LogP contribution >= 0.6 is 0 Å². The van der Waals surface area contributed by atoms with Gasteiger partial charge >= 0.3 is 5.97 Å². The Kier molecular flexibility index (Phi) is 9.37. The number of esters is 1. The van der Waals surface area contributed by atoms with Gasteiger partial charge in [0.25, 0.3) is 0 Å². The summed E-state index contributed by atoms with van der Waals surface area (Å²) >= 11 is 0. The van der Waals surface area contributed by atoms with E-state index in [2.05, 4.69) is 6.92 Å². The van der Waals surface area contributed by atoms with Crippen LogP contribution in [0.4, 0.5) is 0 Å². The Balaban J connectivity index is 2.83. The molecule has 0 radical (unpaired) electrons. The van der Waals surface area contributed by atoms with E-state index in [1.165, 1.54) is 31.8 Å². The molecule has 1 amide bonds. The molecule has 5 heteroatoms. The van der Waals surface area contributed by atoms with Crippen molar-refractivity contribution in [3.8, 4) is 5.75 Å². The molecule has 0 bridgehead atoms. The van der Waals surface area contributed by atoms with Crippen molar-refractivity contribution >= 4 is 11.9 Å². The first-order valence-corrected chi connectivity index (χ1v) is 8.80. The van der Waals surface area contributed by atoms with E-state index in [4.69, 9.17) is 4.74 Å². The SMILES string of the molecule is CCCCCCC=CN(C(C)=O)[C@@H](Cc1ccc(O)cc1)C(=O)OC. The second kappa shape index (κ2) is 11.3. The summed E-state index contributed by atoms with van der Waals surface area (Å²) in [4.78, 5) is 25.7. The lowest BCUT2D eigenvalue weighted by Gasteiger charge is -2.26. The highest BCUT2D eigenvalue weighted by atomic mass is 16.5. The number of hydrogen-bond acceptors (Lipinski definition) is 4. The molecule has 0 saturated carbocycles. The Morgan fingerprint density at radius 2 is 1.88 bits per heavy atom. The molecule has 0 heterocycles. The molecule has 5 nitrogen and oxygen atoms in total. The van der Waals surface area contributed by atoms with Crippen LogP contribution in [0.3, 0.4) is 0 Å². The third-order valence-electron chi connectivity index (χ3n) is 4.03. The topological polar surface area (TPSA) is 66.8 Å². The number of ether oxygens (including phenoxy) is 1. The summed E-state index contributed by atoms with van der Waals surface area (Å²) in [7, 11) is 1.32. The quantitative estimate of drug-likeness (QED) is 0.516. The summed E-state index contributed by atoms with van der Waals surface area (Å²) in [5, 5.41) is 9.38. The largest absolute Gasteiger partial charge is 0.508 e. The predicted molar refractivity (Wildman–Crippen MR) is 98.0 cm³/mol. The Hall–Kier alpha value is -2.30. The third kappa shape index (κ3) is 7.42. The lowest BCUT2D eigenvalue weighted by atomic mass is 10.0. The number of allylic oxidation sites excluding steroid dienone is 1. The number of amides is 1. The molecule has 1 N–H and O–H groups in total. The maximum Gasteiger partial charge on any atom is 0.329 e. The number of nitrogens with zero attached hydrogens (tertiary/aromatic N) is 1. The van der Waals surface area contributed by atoms with Crippen molar-refractivity contribution in [2.45, 2.75) is 58.4 Å². The summed E-state index contributed by atoms with van der Waals surface area (Å²) in [5.41, 5.74) is 0.843. The minimum absolute atomic E-state index is 0.161. The Morgan fingerprint density at radius 3 is 2.44 bits per heavy atom. The molecule has 0 aliphatic carbocycles. The monoisotopic (exact) mass is 347 g/mol. The standard InChI is InChI=1S/C20H29NO4/c1-4-5-6-7-8-9-14-21(16(2)22)19(20(24)25-3)15-17-10-12-18(23)13-11-17/h9-14,19,23H,4-8,15H2,1-3H3/t19-/m0/s1. The number of phenolic OH excluding ortho intramolecular Hbond substituents is 1. The Labute approximate surface area is 150 Å². The molecule has 0 spiro atoms. The van der Waals surface area contributed by atoms with Crippen molar-refractivity contribution in [1.29, 1.82) is 0 Å². The summed E-state index contributed by atoms with van der Waals surface area (Å²) in [6.07, 6.45) is 9.44. The van der Waals surface area contributed by atoms with Crippen LogP contribution in [-0.4, -0.2) is 35.0 Å². The van der Waals surface area contributed by atoms with Crippen molar-refractivity contribution in [1.82, 2.24) is 4.90 Å². The summed E-state index contributed by atoms with van der Waals surface area (Å²) in [6, 6.07) is 5.87. The number of phenols is 1. The van der Waals surface area contributed by atoms with Crippen LogP contribution in [-0.2, 0) is 20.7 Å². The number of benzene rings is 1. The summed E-state index contributed by atoms with van der Waals surface area (Å²) < 4.78 is 4.88. The summed E-state index contributed by atoms with van der Waals surface area (Å²) in [6.45, 7) is 3.60. The van der Waals surface area contributed by atoms with Gasteiger partial charge in [-0.3, -0.25) is 4.79 Å². The van der Waals surface area contributed by atoms with Crippen LogP contribution in [0.1, 0.15) is 51.5 Å². The lowest BCUT2D eigenvalue weighted by Crippen LogP contribution is -2.42. The molecule has 0 aliphatic heterocycles. The normalized spacial score (nSPS) is 12.1. The number of methoxy groups -OCH3 is 1. The van der Waals surface area contributed by atoms with E-state index in [-0.39, 0.29) is 11.7 Å². The smallest absolute Gasteiger partial charge is 0.329 e. The minimum atomic E-state index is -0.723. The van der Waals surface area contributed by atoms with Crippen molar-refractivity contribution < 1.29 is 19.4 Å². The Bertz CT molecular complexity index is 566. The highest BCUT2D eigenvalue weighted by molar-refractivity contribution is 5.84. The van der Waals surface area contributed by atoms with Crippen LogP contribution in [0, 0.1) is 0 Å². The van der Waals surface area contributed by atoms with Gasteiger partial charge in [0.15, 0.2) is 0 Å². The van der Waals surface area contributed by atoms with Crippen LogP contribution in [0.2, 0.25) is 0 Å². The number of carbonyl (C=O) groups excluding carboxylic acids is 2. The summed E-state index contributed by atoms with van der Waals surface area (Å²) in [5.74, 6) is -0.508. The van der Waals surface area contributed by atoms with E-state index in [9.17, 15) is 14.7 Å². The van der Waals surface area contributed by atoms with Crippen LogP contribution in [0.25, 0.3) is 0 Å². The zero-order valence-electron chi connectivity index (χ0n) is 15.4. The molecule has 0 aliphatic rings. The molecule has 1 atom stereocenters. The highest BCUT2D eigenvalue weighted by Gasteiger charge is 2.27. The van der Waals surface area contributed by atoms with Crippen LogP contribution in [0.15, 0.2) is 36.5 Å². The van der Waals surface area contributed by atoms with Gasteiger partial charge in [-0.15, -0.1) is 0 Å². The number of hydrogen-bond donors (Lipinski definition) is 1. The van der Waals surface area contributed by atoms with Gasteiger partial charge in [0, 0.05) is 19.5 Å². The molecule has 138 valence electrons. The predicted octanol–water partition coefficient (Wildman–Crippen LogP) is 3.81. The first-order valence-electron chi connectivity index (χ1n) is 8.80.